The molecule has 94 valence electrons. The number of hydrogen-bond donors (Lipinski definition) is 2. The summed E-state index contributed by atoms with van der Waals surface area (Å²) in [5, 5.41) is 6.46. The van der Waals surface area contributed by atoms with E-state index in [9.17, 15) is 4.79 Å². The highest BCUT2D eigenvalue weighted by Crippen LogP contribution is 2.19. The van der Waals surface area contributed by atoms with Gasteiger partial charge in [-0.25, -0.2) is 0 Å². The Labute approximate surface area is 109 Å². The van der Waals surface area contributed by atoms with E-state index < -0.39 is 0 Å². The first-order valence-corrected chi connectivity index (χ1v) is 6.49. The molecule has 4 nitrogen and oxygen atoms in total. The summed E-state index contributed by atoms with van der Waals surface area (Å²) >= 11 is 1.50. The van der Waals surface area contributed by atoms with Crippen molar-refractivity contribution in [2.24, 2.45) is 0 Å². The van der Waals surface area contributed by atoms with E-state index in [-0.39, 0.29) is 5.91 Å². The van der Waals surface area contributed by atoms with E-state index in [4.69, 9.17) is 10.5 Å². The lowest BCUT2D eigenvalue weighted by Gasteiger charge is -2.09. The van der Waals surface area contributed by atoms with Gasteiger partial charge in [0.25, 0.3) is 5.91 Å². The van der Waals surface area contributed by atoms with Crippen LogP contribution in [-0.4, -0.2) is 19.1 Å². The van der Waals surface area contributed by atoms with Gasteiger partial charge in [0, 0.05) is 10.9 Å². The van der Waals surface area contributed by atoms with Crippen LogP contribution in [0.15, 0.2) is 41.1 Å². The summed E-state index contributed by atoms with van der Waals surface area (Å²) in [5.41, 5.74) is 7.01. The molecule has 2 aromatic rings. The van der Waals surface area contributed by atoms with Crippen molar-refractivity contribution in [2.75, 3.05) is 18.9 Å². The molecule has 0 fully saturated rings. The molecule has 0 aliphatic rings. The van der Waals surface area contributed by atoms with Gasteiger partial charge >= 0.3 is 0 Å². The summed E-state index contributed by atoms with van der Waals surface area (Å²) in [6.45, 7) is 0.840. The molecule has 1 aromatic carbocycles. The van der Waals surface area contributed by atoms with Crippen LogP contribution >= 0.6 is 11.3 Å². The van der Waals surface area contributed by atoms with Crippen molar-refractivity contribution >= 4 is 22.9 Å². The second kappa shape index (κ2) is 6.07. The van der Waals surface area contributed by atoms with Gasteiger partial charge in [-0.15, -0.1) is 0 Å². The molecule has 1 amide bonds. The second-order valence-electron chi connectivity index (χ2n) is 3.65. The van der Waals surface area contributed by atoms with Gasteiger partial charge in [0.1, 0.15) is 12.4 Å². The molecule has 0 saturated heterocycles. The Balaban J connectivity index is 1.74. The van der Waals surface area contributed by atoms with E-state index in [0.29, 0.717) is 30.2 Å². The van der Waals surface area contributed by atoms with Gasteiger partial charge in [-0.1, -0.05) is 12.1 Å². The first kappa shape index (κ1) is 12.4. The van der Waals surface area contributed by atoms with Gasteiger partial charge in [0.2, 0.25) is 0 Å². The highest BCUT2D eigenvalue weighted by molar-refractivity contribution is 7.08. The molecule has 0 aliphatic carbocycles. The molecule has 18 heavy (non-hydrogen) atoms. The number of anilines is 1. The molecule has 5 heteroatoms. The van der Waals surface area contributed by atoms with Crippen LogP contribution in [0.2, 0.25) is 0 Å². The number of para-hydroxylation sites is 2. The minimum absolute atomic E-state index is 0.0825. The van der Waals surface area contributed by atoms with Crippen LogP contribution in [0.3, 0.4) is 0 Å². The van der Waals surface area contributed by atoms with Crippen LogP contribution in [0.1, 0.15) is 10.4 Å². The van der Waals surface area contributed by atoms with E-state index in [1.54, 1.807) is 18.2 Å². The fourth-order valence-electron chi connectivity index (χ4n) is 1.43. The molecule has 3 N–H and O–H groups in total. The van der Waals surface area contributed by atoms with Gasteiger partial charge in [-0.05, 0) is 23.6 Å². The summed E-state index contributed by atoms with van der Waals surface area (Å²) in [5.74, 6) is 0.558. The third kappa shape index (κ3) is 3.24. The summed E-state index contributed by atoms with van der Waals surface area (Å²) in [6.07, 6.45) is 0. The van der Waals surface area contributed by atoms with Crippen molar-refractivity contribution in [3.63, 3.8) is 0 Å². The maximum atomic E-state index is 11.6. The minimum Gasteiger partial charge on any atom is -0.490 e. The fourth-order valence-corrected chi connectivity index (χ4v) is 2.07. The van der Waals surface area contributed by atoms with Gasteiger partial charge in [0.05, 0.1) is 12.2 Å². The zero-order valence-electron chi connectivity index (χ0n) is 9.76. The fraction of sp³-hybridized carbons (Fsp3) is 0.154. The van der Waals surface area contributed by atoms with Crippen molar-refractivity contribution in [1.82, 2.24) is 5.32 Å². The molecule has 0 radical (unpaired) electrons. The lowest BCUT2D eigenvalue weighted by molar-refractivity contribution is 0.0947. The van der Waals surface area contributed by atoms with Crippen molar-refractivity contribution in [3.05, 3.63) is 46.7 Å². The second-order valence-corrected chi connectivity index (χ2v) is 4.43. The molecule has 0 atom stereocenters. The number of benzene rings is 1. The first-order chi connectivity index (χ1) is 8.77. The Bertz CT molecular complexity index is 511. The predicted octanol–water partition coefficient (Wildman–Crippen LogP) is 2.14. The average Bonchev–Trinajstić information content (AvgIpc) is 2.90. The Hall–Kier alpha value is -2.01. The summed E-state index contributed by atoms with van der Waals surface area (Å²) in [4.78, 5) is 11.6. The Morgan fingerprint density at radius 3 is 2.89 bits per heavy atom. The number of rotatable bonds is 5. The lowest BCUT2D eigenvalue weighted by atomic mass is 10.3. The van der Waals surface area contributed by atoms with Crippen LogP contribution < -0.4 is 15.8 Å². The van der Waals surface area contributed by atoms with Gasteiger partial charge < -0.3 is 15.8 Å². The molecule has 2 rings (SSSR count). The van der Waals surface area contributed by atoms with E-state index in [1.807, 2.05) is 22.9 Å². The van der Waals surface area contributed by atoms with E-state index in [0.717, 1.165) is 0 Å². The molecule has 0 unspecified atom stereocenters. The largest absolute Gasteiger partial charge is 0.490 e. The number of ether oxygens (including phenoxy) is 1. The topological polar surface area (TPSA) is 64.3 Å². The van der Waals surface area contributed by atoms with Crippen LogP contribution in [0.4, 0.5) is 5.69 Å². The van der Waals surface area contributed by atoms with E-state index in [1.165, 1.54) is 11.3 Å². The summed E-state index contributed by atoms with van der Waals surface area (Å²) in [6, 6.07) is 9.07. The highest BCUT2D eigenvalue weighted by atomic mass is 32.1. The number of thiophene rings is 1. The maximum absolute atomic E-state index is 11.6. The van der Waals surface area contributed by atoms with Crippen LogP contribution in [0, 0.1) is 0 Å². The number of nitrogens with two attached hydrogens (primary N) is 1. The quantitative estimate of drug-likeness (QED) is 0.641. The average molecular weight is 262 g/mol. The van der Waals surface area contributed by atoms with E-state index in [2.05, 4.69) is 5.32 Å². The minimum atomic E-state index is -0.0825. The molecule has 0 spiro atoms. The molecule has 1 heterocycles. The third-order valence-corrected chi connectivity index (χ3v) is 3.03. The lowest BCUT2D eigenvalue weighted by Crippen LogP contribution is -2.27. The van der Waals surface area contributed by atoms with E-state index >= 15 is 0 Å². The monoisotopic (exact) mass is 262 g/mol. The molecule has 0 bridgehead atoms. The normalized spacial score (nSPS) is 10.0. The molecule has 0 aliphatic heterocycles. The third-order valence-electron chi connectivity index (χ3n) is 2.35. The smallest absolute Gasteiger partial charge is 0.252 e. The maximum Gasteiger partial charge on any atom is 0.252 e. The van der Waals surface area contributed by atoms with Crippen molar-refractivity contribution in [3.8, 4) is 5.75 Å². The van der Waals surface area contributed by atoms with Crippen LogP contribution in [0.5, 0.6) is 5.75 Å². The van der Waals surface area contributed by atoms with Crippen molar-refractivity contribution in [2.45, 2.75) is 0 Å². The van der Waals surface area contributed by atoms with Gasteiger partial charge in [0.15, 0.2) is 0 Å². The first-order valence-electron chi connectivity index (χ1n) is 5.55. The highest BCUT2D eigenvalue weighted by Gasteiger charge is 2.04. The molecule has 1 aromatic heterocycles. The van der Waals surface area contributed by atoms with Crippen molar-refractivity contribution < 1.29 is 9.53 Å². The zero-order valence-corrected chi connectivity index (χ0v) is 10.6. The Kier molecular flexibility index (Phi) is 4.20. The number of nitrogen functional groups attached to an aromatic ring is 1. The summed E-state index contributed by atoms with van der Waals surface area (Å²) < 4.78 is 5.47. The Morgan fingerprint density at radius 2 is 2.17 bits per heavy atom. The summed E-state index contributed by atoms with van der Waals surface area (Å²) in [7, 11) is 0. The van der Waals surface area contributed by atoms with Crippen LogP contribution in [0.25, 0.3) is 0 Å². The number of nitrogens with one attached hydrogen (secondary N) is 1. The Morgan fingerprint density at radius 1 is 1.33 bits per heavy atom. The van der Waals surface area contributed by atoms with Gasteiger partial charge in [-0.2, -0.15) is 11.3 Å². The molecule has 0 saturated carbocycles. The van der Waals surface area contributed by atoms with Crippen LogP contribution in [-0.2, 0) is 0 Å². The molecular weight excluding hydrogens is 248 g/mol. The number of amides is 1. The molecular formula is C13H14N2O2S. The number of carbonyl (C=O) groups is 1. The van der Waals surface area contributed by atoms with Gasteiger partial charge in [-0.3, -0.25) is 4.79 Å². The SMILES string of the molecule is Nc1ccccc1OCCNC(=O)c1ccsc1. The van der Waals surface area contributed by atoms with Crippen molar-refractivity contribution in [1.29, 1.82) is 0 Å². The zero-order chi connectivity index (χ0) is 12.8. The number of hydrogen-bond acceptors (Lipinski definition) is 4. The standard InChI is InChI=1S/C13H14N2O2S/c14-11-3-1-2-4-12(11)17-7-6-15-13(16)10-5-8-18-9-10/h1-5,8-9H,6-7,14H2,(H,15,16). The predicted molar refractivity (Wildman–Crippen MR) is 73.0 cm³/mol. The number of carbonyl (C=O) groups excluding carboxylic acids is 1.